The number of rotatable bonds is 5. The summed E-state index contributed by atoms with van der Waals surface area (Å²) in [6.45, 7) is 4.90. The molecule has 1 aliphatic heterocycles. The number of ether oxygens (including phenoxy) is 3. The zero-order valence-corrected chi connectivity index (χ0v) is 14.0. The molecule has 1 aliphatic rings. The normalized spacial score (nSPS) is 15.2. The highest BCUT2D eigenvalue weighted by Crippen LogP contribution is 2.30. The largest absolute Gasteiger partial charge is 0.496 e. The maximum Gasteiger partial charge on any atom is 0.339 e. The predicted molar refractivity (Wildman–Crippen MR) is 85.0 cm³/mol. The molecule has 1 atom stereocenters. The lowest BCUT2D eigenvalue weighted by atomic mass is 10.1. The molecule has 0 radical (unpaired) electrons. The van der Waals surface area contributed by atoms with E-state index in [1.165, 1.54) is 14.2 Å². The lowest BCUT2D eigenvalue weighted by Crippen LogP contribution is -2.38. The highest BCUT2D eigenvalue weighted by atomic mass is 16.5. The minimum Gasteiger partial charge on any atom is -0.496 e. The van der Waals surface area contributed by atoms with E-state index in [2.05, 4.69) is 0 Å². The van der Waals surface area contributed by atoms with Crippen molar-refractivity contribution in [2.24, 2.45) is 0 Å². The van der Waals surface area contributed by atoms with Gasteiger partial charge < -0.3 is 19.1 Å². The van der Waals surface area contributed by atoms with Crippen LogP contribution in [0.3, 0.4) is 0 Å². The SMILES string of the molecule is COc1cc(C(=O)OC(C)C(=O)N2CCCC2)cc(OC)c1C. The highest BCUT2D eigenvalue weighted by Gasteiger charge is 2.26. The Bertz CT molecular complexity index is 568. The van der Waals surface area contributed by atoms with Crippen molar-refractivity contribution in [3.8, 4) is 11.5 Å². The molecular weight excluding hydrogens is 298 g/mol. The summed E-state index contributed by atoms with van der Waals surface area (Å²) in [7, 11) is 3.05. The van der Waals surface area contributed by atoms with Crippen LogP contribution in [0.5, 0.6) is 11.5 Å². The molecule has 0 spiro atoms. The number of hydrogen-bond donors (Lipinski definition) is 0. The van der Waals surface area contributed by atoms with Gasteiger partial charge in [0.05, 0.1) is 19.8 Å². The number of methoxy groups -OCH3 is 2. The van der Waals surface area contributed by atoms with Gasteiger partial charge in [0.1, 0.15) is 11.5 Å². The minimum atomic E-state index is -0.807. The Morgan fingerprint density at radius 1 is 1.09 bits per heavy atom. The molecule has 1 aromatic carbocycles. The summed E-state index contributed by atoms with van der Waals surface area (Å²) in [5, 5.41) is 0. The van der Waals surface area contributed by atoms with Gasteiger partial charge in [0, 0.05) is 18.7 Å². The molecule has 1 aromatic rings. The summed E-state index contributed by atoms with van der Waals surface area (Å²) in [6.07, 6.45) is 1.19. The molecule has 1 saturated heterocycles. The quantitative estimate of drug-likeness (QED) is 0.778. The van der Waals surface area contributed by atoms with Crippen molar-refractivity contribution in [2.45, 2.75) is 32.8 Å². The Balaban J connectivity index is 2.12. The lowest BCUT2D eigenvalue weighted by Gasteiger charge is -2.20. The van der Waals surface area contributed by atoms with E-state index in [1.807, 2.05) is 6.92 Å². The van der Waals surface area contributed by atoms with Gasteiger partial charge in [-0.15, -0.1) is 0 Å². The average Bonchev–Trinajstić information content (AvgIpc) is 3.08. The zero-order chi connectivity index (χ0) is 17.0. The summed E-state index contributed by atoms with van der Waals surface area (Å²) < 4.78 is 15.8. The average molecular weight is 321 g/mol. The third-order valence-corrected chi connectivity index (χ3v) is 4.04. The van der Waals surface area contributed by atoms with Gasteiger partial charge in [-0.2, -0.15) is 0 Å². The van der Waals surface area contributed by atoms with E-state index in [-0.39, 0.29) is 5.91 Å². The first-order chi connectivity index (χ1) is 11.0. The summed E-state index contributed by atoms with van der Waals surface area (Å²) in [5.41, 5.74) is 1.10. The number of benzene rings is 1. The Morgan fingerprint density at radius 2 is 1.61 bits per heavy atom. The maximum atomic E-state index is 12.3. The number of hydrogen-bond acceptors (Lipinski definition) is 5. The van der Waals surface area contributed by atoms with E-state index in [0.29, 0.717) is 17.1 Å². The topological polar surface area (TPSA) is 65.1 Å². The van der Waals surface area contributed by atoms with Crippen LogP contribution >= 0.6 is 0 Å². The van der Waals surface area contributed by atoms with Crippen molar-refractivity contribution in [3.63, 3.8) is 0 Å². The third kappa shape index (κ3) is 3.75. The van der Waals surface area contributed by atoms with Crippen molar-refractivity contribution in [1.82, 2.24) is 4.90 Å². The monoisotopic (exact) mass is 321 g/mol. The predicted octanol–water partition coefficient (Wildman–Crippen LogP) is 2.18. The van der Waals surface area contributed by atoms with Crippen LogP contribution in [0, 0.1) is 6.92 Å². The number of carbonyl (C=O) groups is 2. The van der Waals surface area contributed by atoms with Crippen LogP contribution in [-0.4, -0.2) is 50.2 Å². The second-order valence-corrected chi connectivity index (χ2v) is 5.59. The van der Waals surface area contributed by atoms with E-state index in [1.54, 1.807) is 24.0 Å². The molecule has 0 aromatic heterocycles. The van der Waals surface area contributed by atoms with Crippen molar-refractivity contribution in [3.05, 3.63) is 23.3 Å². The molecule has 1 fully saturated rings. The molecular formula is C17H23NO5. The fraction of sp³-hybridized carbons (Fsp3) is 0.529. The molecule has 2 rings (SSSR count). The van der Waals surface area contributed by atoms with Gasteiger partial charge >= 0.3 is 5.97 Å². The fourth-order valence-corrected chi connectivity index (χ4v) is 2.68. The number of carbonyl (C=O) groups excluding carboxylic acids is 2. The Hall–Kier alpha value is -2.24. The Morgan fingerprint density at radius 3 is 2.09 bits per heavy atom. The summed E-state index contributed by atoms with van der Waals surface area (Å²) >= 11 is 0. The van der Waals surface area contributed by atoms with Crippen LogP contribution < -0.4 is 9.47 Å². The Labute approximate surface area is 136 Å². The van der Waals surface area contributed by atoms with Crippen LogP contribution in [0.25, 0.3) is 0 Å². The van der Waals surface area contributed by atoms with Crippen molar-refractivity contribution < 1.29 is 23.8 Å². The molecule has 23 heavy (non-hydrogen) atoms. The summed E-state index contributed by atoms with van der Waals surface area (Å²) in [6, 6.07) is 3.18. The Kier molecular flexibility index (Phi) is 5.47. The molecule has 1 amide bonds. The van der Waals surface area contributed by atoms with Crippen molar-refractivity contribution in [1.29, 1.82) is 0 Å². The van der Waals surface area contributed by atoms with Crippen LogP contribution in [0.1, 0.15) is 35.7 Å². The van der Waals surface area contributed by atoms with E-state index < -0.39 is 12.1 Å². The molecule has 6 heteroatoms. The number of nitrogens with zero attached hydrogens (tertiary/aromatic N) is 1. The van der Waals surface area contributed by atoms with Gasteiger partial charge in [-0.05, 0) is 38.8 Å². The van der Waals surface area contributed by atoms with Gasteiger partial charge in [-0.1, -0.05) is 0 Å². The fourth-order valence-electron chi connectivity index (χ4n) is 2.68. The minimum absolute atomic E-state index is 0.151. The van der Waals surface area contributed by atoms with Gasteiger partial charge in [0.25, 0.3) is 5.91 Å². The maximum absolute atomic E-state index is 12.3. The van der Waals surface area contributed by atoms with Crippen LogP contribution in [0.2, 0.25) is 0 Å². The number of esters is 1. The molecule has 126 valence electrons. The second kappa shape index (κ2) is 7.35. The van der Waals surface area contributed by atoms with Gasteiger partial charge in [-0.25, -0.2) is 4.79 Å². The first kappa shape index (κ1) is 17.1. The van der Waals surface area contributed by atoms with Crippen LogP contribution in [-0.2, 0) is 9.53 Å². The van der Waals surface area contributed by atoms with Crippen molar-refractivity contribution in [2.75, 3.05) is 27.3 Å². The summed E-state index contributed by atoms with van der Waals surface area (Å²) in [5.74, 6) is 0.355. The smallest absolute Gasteiger partial charge is 0.339 e. The lowest BCUT2D eigenvalue weighted by molar-refractivity contribution is -0.138. The van der Waals surface area contributed by atoms with E-state index in [9.17, 15) is 9.59 Å². The van der Waals surface area contributed by atoms with Crippen LogP contribution in [0.4, 0.5) is 0 Å². The molecule has 0 aliphatic carbocycles. The van der Waals surface area contributed by atoms with Gasteiger partial charge in [0.15, 0.2) is 6.10 Å². The molecule has 0 N–H and O–H groups in total. The standard InChI is InChI=1S/C17H23NO5/c1-11-14(21-3)9-13(10-15(11)22-4)17(20)23-12(2)16(19)18-7-5-6-8-18/h9-10,12H,5-8H2,1-4H3. The molecule has 1 unspecified atom stereocenters. The van der Waals surface area contributed by atoms with E-state index >= 15 is 0 Å². The molecule has 0 bridgehead atoms. The first-order valence-electron chi connectivity index (χ1n) is 7.70. The zero-order valence-electron chi connectivity index (χ0n) is 14.0. The number of amides is 1. The number of likely N-dealkylation sites (tertiary alicyclic amines) is 1. The second-order valence-electron chi connectivity index (χ2n) is 5.59. The molecule has 0 saturated carbocycles. The molecule has 6 nitrogen and oxygen atoms in total. The van der Waals surface area contributed by atoms with Gasteiger partial charge in [0.2, 0.25) is 0 Å². The van der Waals surface area contributed by atoms with Gasteiger partial charge in [-0.3, -0.25) is 4.79 Å². The summed E-state index contributed by atoms with van der Waals surface area (Å²) in [4.78, 5) is 26.3. The van der Waals surface area contributed by atoms with E-state index in [4.69, 9.17) is 14.2 Å². The van der Waals surface area contributed by atoms with Crippen molar-refractivity contribution >= 4 is 11.9 Å². The first-order valence-corrected chi connectivity index (χ1v) is 7.70. The molecule has 1 heterocycles. The highest BCUT2D eigenvalue weighted by molar-refractivity contribution is 5.93. The van der Waals surface area contributed by atoms with E-state index in [0.717, 1.165) is 31.5 Å². The third-order valence-electron chi connectivity index (χ3n) is 4.04. The van der Waals surface area contributed by atoms with Crippen LogP contribution in [0.15, 0.2) is 12.1 Å².